The van der Waals surface area contributed by atoms with Crippen molar-refractivity contribution in [1.29, 1.82) is 0 Å². The lowest BCUT2D eigenvalue weighted by atomic mass is 10.1. The van der Waals surface area contributed by atoms with Gasteiger partial charge in [0.1, 0.15) is 5.75 Å². The van der Waals surface area contributed by atoms with E-state index < -0.39 is 6.36 Å². The Hall–Kier alpha value is -1.69. The first-order valence-corrected chi connectivity index (χ1v) is 6.97. The van der Waals surface area contributed by atoms with Crippen molar-refractivity contribution in [3.63, 3.8) is 0 Å². The van der Waals surface area contributed by atoms with E-state index in [1.165, 1.54) is 12.1 Å². The summed E-state index contributed by atoms with van der Waals surface area (Å²) in [5, 5.41) is 3.14. The summed E-state index contributed by atoms with van der Waals surface area (Å²) in [6.45, 7) is 2.57. The SMILES string of the molecule is Cc1ccc(CNc2ccc(OC(F)(F)F)cc2)c(Br)c1. The second kappa shape index (κ2) is 6.39. The number of ether oxygens (including phenoxy) is 1. The molecule has 1 N–H and O–H groups in total. The Bertz CT molecular complexity index is 611. The smallest absolute Gasteiger partial charge is 0.406 e. The minimum atomic E-state index is -4.66. The molecule has 0 amide bonds. The van der Waals surface area contributed by atoms with Gasteiger partial charge in [0.15, 0.2) is 0 Å². The fourth-order valence-electron chi connectivity index (χ4n) is 1.77. The first-order chi connectivity index (χ1) is 9.83. The Kier molecular flexibility index (Phi) is 4.77. The summed E-state index contributed by atoms with van der Waals surface area (Å²) in [6.07, 6.45) is -4.66. The van der Waals surface area contributed by atoms with Gasteiger partial charge in [0.05, 0.1) is 0 Å². The van der Waals surface area contributed by atoms with Crippen molar-refractivity contribution in [3.05, 3.63) is 58.1 Å². The summed E-state index contributed by atoms with van der Waals surface area (Å²) >= 11 is 3.48. The lowest BCUT2D eigenvalue weighted by Gasteiger charge is -2.11. The molecule has 0 saturated heterocycles. The standard InChI is InChI=1S/C15H13BrF3NO/c1-10-2-3-11(14(16)8-10)9-20-12-4-6-13(7-5-12)21-15(17,18)19/h2-8,20H,9H2,1H3. The van der Waals surface area contributed by atoms with E-state index in [0.29, 0.717) is 6.54 Å². The molecule has 0 aliphatic carbocycles. The number of anilines is 1. The largest absolute Gasteiger partial charge is 0.573 e. The molecule has 0 saturated carbocycles. The van der Waals surface area contributed by atoms with Gasteiger partial charge in [-0.05, 0) is 48.4 Å². The minimum absolute atomic E-state index is 0.232. The Morgan fingerprint density at radius 3 is 2.33 bits per heavy atom. The average Bonchev–Trinajstić information content (AvgIpc) is 2.38. The summed E-state index contributed by atoms with van der Waals surface area (Å²) in [4.78, 5) is 0. The fourth-order valence-corrected chi connectivity index (χ4v) is 2.40. The topological polar surface area (TPSA) is 21.3 Å². The normalized spacial score (nSPS) is 11.3. The highest BCUT2D eigenvalue weighted by atomic mass is 79.9. The van der Waals surface area contributed by atoms with Gasteiger partial charge in [-0.1, -0.05) is 28.1 Å². The molecule has 2 aromatic carbocycles. The molecule has 0 radical (unpaired) electrons. The van der Waals surface area contributed by atoms with Crippen LogP contribution in [0.25, 0.3) is 0 Å². The van der Waals surface area contributed by atoms with Gasteiger partial charge in [0.25, 0.3) is 0 Å². The van der Waals surface area contributed by atoms with Gasteiger partial charge in [0.2, 0.25) is 0 Å². The van der Waals surface area contributed by atoms with E-state index in [2.05, 4.69) is 26.0 Å². The molecule has 0 fully saturated rings. The van der Waals surface area contributed by atoms with Crippen molar-refractivity contribution < 1.29 is 17.9 Å². The van der Waals surface area contributed by atoms with Crippen molar-refractivity contribution in [2.45, 2.75) is 19.8 Å². The van der Waals surface area contributed by atoms with Crippen LogP contribution in [-0.4, -0.2) is 6.36 Å². The Labute approximate surface area is 129 Å². The summed E-state index contributed by atoms with van der Waals surface area (Å²) in [5.41, 5.74) is 2.94. The van der Waals surface area contributed by atoms with Crippen LogP contribution in [-0.2, 0) is 6.54 Å². The van der Waals surface area contributed by atoms with Crippen molar-refractivity contribution in [3.8, 4) is 5.75 Å². The third-order valence-corrected chi connectivity index (χ3v) is 3.52. The van der Waals surface area contributed by atoms with E-state index >= 15 is 0 Å². The summed E-state index contributed by atoms with van der Waals surface area (Å²) in [6, 6.07) is 11.7. The van der Waals surface area contributed by atoms with Crippen LogP contribution in [0.5, 0.6) is 5.75 Å². The van der Waals surface area contributed by atoms with Crippen LogP contribution in [0.2, 0.25) is 0 Å². The van der Waals surface area contributed by atoms with Gasteiger partial charge in [-0.15, -0.1) is 13.2 Å². The molecule has 0 aliphatic heterocycles. The molecule has 21 heavy (non-hydrogen) atoms. The second-order valence-corrected chi connectivity index (χ2v) is 5.37. The minimum Gasteiger partial charge on any atom is -0.406 e. The van der Waals surface area contributed by atoms with E-state index in [1.54, 1.807) is 12.1 Å². The van der Waals surface area contributed by atoms with Crippen LogP contribution in [0.1, 0.15) is 11.1 Å². The number of benzene rings is 2. The van der Waals surface area contributed by atoms with Crippen molar-refractivity contribution in [2.24, 2.45) is 0 Å². The Morgan fingerprint density at radius 2 is 1.76 bits per heavy atom. The molecule has 0 unspecified atom stereocenters. The van der Waals surface area contributed by atoms with Gasteiger partial charge in [-0.2, -0.15) is 0 Å². The molecule has 2 rings (SSSR count). The maximum atomic E-state index is 12.0. The van der Waals surface area contributed by atoms with Crippen LogP contribution < -0.4 is 10.1 Å². The maximum absolute atomic E-state index is 12.0. The highest BCUT2D eigenvalue weighted by Crippen LogP contribution is 2.25. The van der Waals surface area contributed by atoms with Crippen molar-refractivity contribution >= 4 is 21.6 Å². The zero-order valence-electron chi connectivity index (χ0n) is 11.2. The maximum Gasteiger partial charge on any atom is 0.573 e. The zero-order valence-corrected chi connectivity index (χ0v) is 12.8. The van der Waals surface area contributed by atoms with Crippen LogP contribution >= 0.6 is 15.9 Å². The Morgan fingerprint density at radius 1 is 1.10 bits per heavy atom. The zero-order chi connectivity index (χ0) is 15.5. The molecular weight excluding hydrogens is 347 g/mol. The summed E-state index contributed by atoms with van der Waals surface area (Å²) < 4.78 is 40.9. The molecule has 0 atom stereocenters. The number of aryl methyl sites for hydroxylation is 1. The molecule has 0 bridgehead atoms. The second-order valence-electron chi connectivity index (χ2n) is 4.52. The van der Waals surface area contributed by atoms with E-state index in [0.717, 1.165) is 21.3 Å². The number of hydrogen-bond donors (Lipinski definition) is 1. The van der Waals surface area contributed by atoms with Gasteiger partial charge < -0.3 is 10.1 Å². The summed E-state index contributed by atoms with van der Waals surface area (Å²) in [5.74, 6) is -0.232. The quantitative estimate of drug-likeness (QED) is 0.802. The number of hydrogen-bond acceptors (Lipinski definition) is 2. The molecule has 0 aliphatic rings. The average molecular weight is 360 g/mol. The monoisotopic (exact) mass is 359 g/mol. The first kappa shape index (κ1) is 15.7. The highest BCUT2D eigenvalue weighted by molar-refractivity contribution is 9.10. The number of rotatable bonds is 4. The number of halogens is 4. The lowest BCUT2D eigenvalue weighted by Crippen LogP contribution is -2.17. The third-order valence-electron chi connectivity index (χ3n) is 2.78. The van der Waals surface area contributed by atoms with Gasteiger partial charge >= 0.3 is 6.36 Å². The van der Waals surface area contributed by atoms with Crippen LogP contribution in [0.3, 0.4) is 0 Å². The lowest BCUT2D eigenvalue weighted by molar-refractivity contribution is -0.274. The summed E-state index contributed by atoms with van der Waals surface area (Å²) in [7, 11) is 0. The van der Waals surface area contributed by atoms with Gasteiger partial charge in [-0.3, -0.25) is 0 Å². The molecule has 2 nitrogen and oxygen atoms in total. The molecule has 0 spiro atoms. The van der Waals surface area contributed by atoms with Crippen molar-refractivity contribution in [2.75, 3.05) is 5.32 Å². The van der Waals surface area contributed by atoms with Crippen LogP contribution in [0, 0.1) is 6.92 Å². The molecule has 112 valence electrons. The third kappa shape index (κ3) is 4.97. The van der Waals surface area contributed by atoms with E-state index in [1.807, 2.05) is 25.1 Å². The van der Waals surface area contributed by atoms with Crippen LogP contribution in [0.15, 0.2) is 46.9 Å². The van der Waals surface area contributed by atoms with E-state index in [4.69, 9.17) is 0 Å². The molecule has 6 heteroatoms. The fraction of sp³-hybridized carbons (Fsp3) is 0.200. The molecular formula is C15H13BrF3NO. The van der Waals surface area contributed by atoms with Gasteiger partial charge in [0, 0.05) is 16.7 Å². The number of nitrogens with one attached hydrogen (secondary N) is 1. The molecule has 0 heterocycles. The molecule has 0 aromatic heterocycles. The Balaban J connectivity index is 1.97. The number of alkyl halides is 3. The predicted octanol–water partition coefficient (Wildman–Crippen LogP) is 5.27. The van der Waals surface area contributed by atoms with E-state index in [-0.39, 0.29) is 5.75 Å². The van der Waals surface area contributed by atoms with Gasteiger partial charge in [-0.25, -0.2) is 0 Å². The molecule has 2 aromatic rings. The highest BCUT2D eigenvalue weighted by Gasteiger charge is 2.30. The first-order valence-electron chi connectivity index (χ1n) is 6.18. The predicted molar refractivity (Wildman–Crippen MR) is 79.3 cm³/mol. The van der Waals surface area contributed by atoms with Crippen molar-refractivity contribution in [1.82, 2.24) is 0 Å². The van der Waals surface area contributed by atoms with E-state index in [9.17, 15) is 13.2 Å². The van der Waals surface area contributed by atoms with Crippen LogP contribution in [0.4, 0.5) is 18.9 Å².